The largest absolute Gasteiger partial charge is 0.497 e. The maximum absolute atomic E-state index is 6.21. The van der Waals surface area contributed by atoms with Gasteiger partial charge in [-0.05, 0) is 42.3 Å². The molecule has 0 aliphatic rings. The fraction of sp³-hybridized carbons (Fsp3) is 0.231. The zero-order valence-corrected chi connectivity index (χ0v) is 13.2. The van der Waals surface area contributed by atoms with Gasteiger partial charge in [0.15, 0.2) is 0 Å². The molecule has 5 heteroatoms. The van der Waals surface area contributed by atoms with Crippen molar-refractivity contribution in [3.8, 4) is 5.75 Å². The molecule has 1 atom stereocenters. The average Bonchev–Trinajstić information content (AvgIpc) is 2.79. The van der Waals surface area contributed by atoms with Gasteiger partial charge in [0.1, 0.15) is 5.75 Å². The maximum atomic E-state index is 6.21. The SMILES string of the molecule is CNC(c1cc(OC)ccc1Br)c1sccc1Cl. The quantitative estimate of drug-likeness (QED) is 0.881. The Morgan fingerprint density at radius 1 is 1.39 bits per heavy atom. The molecule has 0 bridgehead atoms. The van der Waals surface area contributed by atoms with Gasteiger partial charge in [-0.1, -0.05) is 27.5 Å². The summed E-state index contributed by atoms with van der Waals surface area (Å²) in [5, 5.41) is 6.08. The summed E-state index contributed by atoms with van der Waals surface area (Å²) in [7, 11) is 3.59. The first-order chi connectivity index (χ1) is 8.67. The van der Waals surface area contributed by atoms with E-state index >= 15 is 0 Å². The van der Waals surface area contributed by atoms with E-state index in [4.69, 9.17) is 16.3 Å². The lowest BCUT2D eigenvalue weighted by Crippen LogP contribution is -2.17. The van der Waals surface area contributed by atoms with Gasteiger partial charge in [-0.25, -0.2) is 0 Å². The Hall–Kier alpha value is -0.550. The molecular formula is C13H13BrClNOS. The molecule has 96 valence electrons. The Kier molecular flexibility index (Phi) is 4.67. The molecule has 1 N–H and O–H groups in total. The zero-order valence-electron chi connectivity index (χ0n) is 10.0. The lowest BCUT2D eigenvalue weighted by Gasteiger charge is -2.18. The van der Waals surface area contributed by atoms with E-state index in [0.717, 1.165) is 25.7 Å². The highest BCUT2D eigenvalue weighted by Gasteiger charge is 2.19. The predicted molar refractivity (Wildman–Crippen MR) is 80.9 cm³/mol. The second-order valence-electron chi connectivity index (χ2n) is 3.74. The Balaban J connectivity index is 2.48. The van der Waals surface area contributed by atoms with Crippen molar-refractivity contribution >= 4 is 38.9 Å². The van der Waals surface area contributed by atoms with Crippen molar-refractivity contribution in [3.63, 3.8) is 0 Å². The van der Waals surface area contributed by atoms with Crippen LogP contribution in [0.4, 0.5) is 0 Å². The molecule has 1 aromatic heterocycles. The molecule has 18 heavy (non-hydrogen) atoms. The van der Waals surface area contributed by atoms with E-state index in [9.17, 15) is 0 Å². The molecule has 0 aliphatic carbocycles. The van der Waals surface area contributed by atoms with Gasteiger partial charge in [-0.2, -0.15) is 0 Å². The van der Waals surface area contributed by atoms with E-state index in [1.807, 2.05) is 36.7 Å². The van der Waals surface area contributed by atoms with Gasteiger partial charge >= 0.3 is 0 Å². The van der Waals surface area contributed by atoms with E-state index < -0.39 is 0 Å². The van der Waals surface area contributed by atoms with E-state index in [2.05, 4.69) is 21.2 Å². The molecule has 1 aromatic carbocycles. The number of hydrogen-bond acceptors (Lipinski definition) is 3. The van der Waals surface area contributed by atoms with Crippen LogP contribution in [0.3, 0.4) is 0 Å². The highest BCUT2D eigenvalue weighted by molar-refractivity contribution is 9.10. The van der Waals surface area contributed by atoms with Crippen LogP contribution < -0.4 is 10.1 Å². The third kappa shape index (κ3) is 2.72. The molecule has 2 nitrogen and oxygen atoms in total. The number of rotatable bonds is 4. The summed E-state index contributed by atoms with van der Waals surface area (Å²) in [5.41, 5.74) is 1.11. The van der Waals surface area contributed by atoms with Crippen molar-refractivity contribution in [2.45, 2.75) is 6.04 Å². The van der Waals surface area contributed by atoms with Crippen molar-refractivity contribution in [2.75, 3.05) is 14.2 Å². The first-order valence-corrected chi connectivity index (χ1v) is 7.46. The topological polar surface area (TPSA) is 21.3 Å². The average molecular weight is 347 g/mol. The number of methoxy groups -OCH3 is 1. The van der Waals surface area contributed by atoms with Gasteiger partial charge in [0, 0.05) is 9.35 Å². The number of thiophene rings is 1. The van der Waals surface area contributed by atoms with Crippen molar-refractivity contribution in [1.29, 1.82) is 0 Å². The molecule has 0 radical (unpaired) electrons. The van der Waals surface area contributed by atoms with Gasteiger partial charge in [-0.3, -0.25) is 0 Å². The lowest BCUT2D eigenvalue weighted by atomic mass is 10.1. The minimum atomic E-state index is 0.0574. The number of benzene rings is 1. The minimum Gasteiger partial charge on any atom is -0.497 e. The molecule has 0 amide bonds. The molecule has 0 saturated heterocycles. The summed E-state index contributed by atoms with van der Waals surface area (Å²) in [4.78, 5) is 1.10. The second-order valence-corrected chi connectivity index (χ2v) is 5.95. The van der Waals surface area contributed by atoms with Gasteiger partial charge in [0.05, 0.1) is 18.2 Å². The first-order valence-electron chi connectivity index (χ1n) is 5.41. The summed E-state index contributed by atoms with van der Waals surface area (Å²) in [5.74, 6) is 0.834. The molecule has 0 saturated carbocycles. The van der Waals surface area contributed by atoms with Gasteiger partial charge in [0.2, 0.25) is 0 Å². The van der Waals surface area contributed by atoms with E-state index in [1.165, 1.54) is 0 Å². The highest BCUT2D eigenvalue weighted by atomic mass is 79.9. The smallest absolute Gasteiger partial charge is 0.119 e. The summed E-state index contributed by atoms with van der Waals surface area (Å²) < 4.78 is 6.31. The summed E-state index contributed by atoms with van der Waals surface area (Å²) in [6.07, 6.45) is 0. The van der Waals surface area contributed by atoms with Crippen LogP contribution in [0.1, 0.15) is 16.5 Å². The van der Waals surface area contributed by atoms with Crippen LogP contribution in [0.15, 0.2) is 34.1 Å². The van der Waals surface area contributed by atoms with E-state index in [1.54, 1.807) is 18.4 Å². The maximum Gasteiger partial charge on any atom is 0.119 e. The lowest BCUT2D eigenvalue weighted by molar-refractivity contribution is 0.413. The summed E-state index contributed by atoms with van der Waals surface area (Å²) in [6, 6.07) is 7.90. The third-order valence-electron chi connectivity index (χ3n) is 2.71. The van der Waals surface area contributed by atoms with Crippen LogP contribution in [-0.2, 0) is 0 Å². The highest BCUT2D eigenvalue weighted by Crippen LogP contribution is 2.37. The fourth-order valence-electron chi connectivity index (χ4n) is 1.81. The Morgan fingerprint density at radius 3 is 2.72 bits per heavy atom. The Bertz CT molecular complexity index is 544. The Labute approximate surface area is 124 Å². The number of nitrogens with one attached hydrogen (secondary N) is 1. The normalized spacial score (nSPS) is 12.4. The zero-order chi connectivity index (χ0) is 13.1. The third-order valence-corrected chi connectivity index (χ3v) is 4.86. The molecule has 2 rings (SSSR count). The Morgan fingerprint density at radius 2 is 2.17 bits per heavy atom. The van der Waals surface area contributed by atoms with Crippen molar-refractivity contribution < 1.29 is 4.74 Å². The van der Waals surface area contributed by atoms with Crippen molar-refractivity contribution in [3.05, 3.63) is 49.6 Å². The van der Waals surface area contributed by atoms with Crippen LogP contribution in [0.5, 0.6) is 5.75 Å². The van der Waals surface area contributed by atoms with Gasteiger partial charge < -0.3 is 10.1 Å². The van der Waals surface area contributed by atoms with Crippen LogP contribution in [0, 0.1) is 0 Å². The van der Waals surface area contributed by atoms with Gasteiger partial charge in [-0.15, -0.1) is 11.3 Å². The standard InChI is InChI=1S/C13H13BrClNOS/c1-16-12(13-11(15)5-6-18-13)9-7-8(17-2)3-4-10(9)14/h3-7,12,16H,1-2H3. The van der Waals surface area contributed by atoms with Crippen LogP contribution >= 0.6 is 38.9 Å². The number of hydrogen-bond donors (Lipinski definition) is 1. The van der Waals surface area contributed by atoms with Crippen LogP contribution in [0.25, 0.3) is 0 Å². The first kappa shape index (κ1) is 13.9. The molecule has 0 aliphatic heterocycles. The monoisotopic (exact) mass is 345 g/mol. The number of ether oxygens (including phenoxy) is 1. The fourth-order valence-corrected chi connectivity index (χ4v) is 3.58. The van der Waals surface area contributed by atoms with Crippen LogP contribution in [0.2, 0.25) is 5.02 Å². The molecule has 1 unspecified atom stereocenters. The summed E-state index contributed by atoms with van der Waals surface area (Å²) >= 11 is 11.4. The van der Waals surface area contributed by atoms with Crippen LogP contribution in [-0.4, -0.2) is 14.2 Å². The molecule has 0 fully saturated rings. The number of halogens is 2. The molecule has 0 spiro atoms. The van der Waals surface area contributed by atoms with E-state index in [-0.39, 0.29) is 6.04 Å². The summed E-state index contributed by atoms with van der Waals surface area (Å²) in [6.45, 7) is 0. The predicted octanol–water partition coefficient (Wildman–Crippen LogP) is 4.48. The second kappa shape index (κ2) is 6.06. The molecule has 1 heterocycles. The van der Waals surface area contributed by atoms with Crippen molar-refractivity contribution in [2.24, 2.45) is 0 Å². The molecule has 2 aromatic rings. The molecular weight excluding hydrogens is 334 g/mol. The van der Waals surface area contributed by atoms with Gasteiger partial charge in [0.25, 0.3) is 0 Å². The van der Waals surface area contributed by atoms with Crippen molar-refractivity contribution in [1.82, 2.24) is 5.32 Å². The minimum absolute atomic E-state index is 0.0574. The van der Waals surface area contributed by atoms with E-state index in [0.29, 0.717) is 0 Å².